The summed E-state index contributed by atoms with van der Waals surface area (Å²) in [6, 6.07) is 10.3. The number of hydrogen-bond acceptors (Lipinski definition) is 3. The highest BCUT2D eigenvalue weighted by atomic mass is 16.5. The number of nitrogens with zero attached hydrogens (tertiary/aromatic N) is 2. The Kier molecular flexibility index (Phi) is 6.34. The predicted octanol–water partition coefficient (Wildman–Crippen LogP) is 2.49. The van der Waals surface area contributed by atoms with Crippen LogP contribution in [-0.4, -0.2) is 50.5 Å². The molecule has 1 heterocycles. The van der Waals surface area contributed by atoms with E-state index in [4.69, 9.17) is 4.74 Å². The van der Waals surface area contributed by atoms with Crippen LogP contribution in [0.4, 0.5) is 0 Å². The molecule has 1 aromatic rings. The summed E-state index contributed by atoms with van der Waals surface area (Å²) in [5, 5.41) is 0. The van der Waals surface area contributed by atoms with E-state index in [1.807, 2.05) is 30.5 Å². The van der Waals surface area contributed by atoms with Gasteiger partial charge in [0, 0.05) is 32.4 Å². The normalized spacial score (nSPS) is 17.5. The highest BCUT2D eigenvalue weighted by molar-refractivity contribution is 5.78. The van der Waals surface area contributed by atoms with Gasteiger partial charge in [-0.05, 0) is 18.1 Å². The Morgan fingerprint density at radius 2 is 1.95 bits per heavy atom. The third-order valence-corrected chi connectivity index (χ3v) is 3.14. The Morgan fingerprint density at radius 3 is 2.74 bits per heavy atom. The lowest BCUT2D eigenvalue weighted by atomic mass is 10.2. The van der Waals surface area contributed by atoms with Crippen molar-refractivity contribution in [1.29, 1.82) is 0 Å². The van der Waals surface area contributed by atoms with Crippen LogP contribution in [0, 0.1) is 0 Å². The van der Waals surface area contributed by atoms with Crippen molar-refractivity contribution in [3.63, 3.8) is 0 Å². The summed E-state index contributed by atoms with van der Waals surface area (Å²) in [5.41, 5.74) is 1.21. The molecule has 1 saturated heterocycles. The van der Waals surface area contributed by atoms with Crippen LogP contribution in [0.15, 0.2) is 41.4 Å². The molecule has 1 aliphatic heterocycles. The van der Waals surface area contributed by atoms with Gasteiger partial charge in [-0.3, -0.25) is 9.89 Å². The van der Waals surface area contributed by atoms with Crippen LogP contribution in [0.2, 0.25) is 0 Å². The van der Waals surface area contributed by atoms with Gasteiger partial charge in [-0.25, -0.2) is 0 Å². The first-order chi connectivity index (χ1) is 9.45. The Bertz CT molecular complexity index is 394. The lowest BCUT2D eigenvalue weighted by molar-refractivity contribution is 0.0377. The largest absolute Gasteiger partial charge is 0.379 e. The van der Waals surface area contributed by atoms with Crippen molar-refractivity contribution in [1.82, 2.24) is 4.90 Å². The van der Waals surface area contributed by atoms with Gasteiger partial charge in [0.1, 0.15) is 0 Å². The van der Waals surface area contributed by atoms with E-state index in [-0.39, 0.29) is 0 Å². The number of aliphatic imine (C=N–C) groups is 1. The average Bonchev–Trinajstić information content (AvgIpc) is 2.48. The van der Waals surface area contributed by atoms with Gasteiger partial charge >= 0.3 is 0 Å². The quantitative estimate of drug-likeness (QED) is 0.578. The summed E-state index contributed by atoms with van der Waals surface area (Å²) in [7, 11) is 0. The van der Waals surface area contributed by atoms with Crippen molar-refractivity contribution >= 4 is 12.3 Å². The van der Waals surface area contributed by atoms with E-state index < -0.39 is 0 Å². The molecule has 0 saturated carbocycles. The van der Waals surface area contributed by atoms with Crippen LogP contribution in [0.1, 0.15) is 12.0 Å². The molecule has 0 unspecified atom stereocenters. The minimum atomic E-state index is 0.878. The zero-order chi connectivity index (χ0) is 13.2. The third-order valence-electron chi connectivity index (χ3n) is 3.14. The summed E-state index contributed by atoms with van der Waals surface area (Å²) in [5.74, 6) is 0. The monoisotopic (exact) mass is 258 g/mol. The smallest absolute Gasteiger partial charge is 0.0594 e. The van der Waals surface area contributed by atoms with Gasteiger partial charge < -0.3 is 4.74 Å². The first-order valence-corrected chi connectivity index (χ1v) is 6.97. The van der Waals surface area contributed by atoms with Gasteiger partial charge in [-0.15, -0.1) is 0 Å². The second-order valence-electron chi connectivity index (χ2n) is 4.63. The molecule has 1 aromatic carbocycles. The van der Waals surface area contributed by atoms with E-state index in [1.54, 1.807) is 0 Å². The third kappa shape index (κ3) is 5.81. The molecule has 0 amide bonds. The molecular weight excluding hydrogens is 236 g/mol. The number of benzene rings is 1. The van der Waals surface area contributed by atoms with E-state index >= 15 is 0 Å². The molecular formula is C16H22N2O. The summed E-state index contributed by atoms with van der Waals surface area (Å²) in [4.78, 5) is 6.84. The number of hydrogen-bond donors (Lipinski definition) is 0. The van der Waals surface area contributed by atoms with Crippen molar-refractivity contribution in [2.45, 2.75) is 6.42 Å². The number of ether oxygens (including phenoxy) is 1. The molecule has 0 N–H and O–H groups in total. The molecule has 0 aromatic heterocycles. The fourth-order valence-corrected chi connectivity index (χ4v) is 2.06. The van der Waals surface area contributed by atoms with Crippen molar-refractivity contribution in [3.8, 4) is 0 Å². The number of morpholine rings is 1. The maximum atomic E-state index is 5.32. The molecule has 3 heteroatoms. The molecule has 0 bridgehead atoms. The van der Waals surface area contributed by atoms with E-state index in [2.05, 4.69) is 28.1 Å². The zero-order valence-corrected chi connectivity index (χ0v) is 11.4. The number of allylic oxidation sites excluding steroid dienone is 1. The molecule has 1 fully saturated rings. The van der Waals surface area contributed by atoms with Crippen molar-refractivity contribution in [2.24, 2.45) is 4.99 Å². The molecule has 1 aliphatic rings. The van der Waals surface area contributed by atoms with Crippen LogP contribution in [0.25, 0.3) is 6.08 Å². The summed E-state index contributed by atoms with van der Waals surface area (Å²) in [6.07, 6.45) is 7.09. The van der Waals surface area contributed by atoms with Gasteiger partial charge in [-0.2, -0.15) is 0 Å². The molecule has 0 radical (unpaired) electrons. The fraction of sp³-hybridized carbons (Fsp3) is 0.438. The molecule has 19 heavy (non-hydrogen) atoms. The number of rotatable bonds is 6. The van der Waals surface area contributed by atoms with Crippen LogP contribution in [0.3, 0.4) is 0 Å². The average molecular weight is 258 g/mol. The first-order valence-electron chi connectivity index (χ1n) is 6.97. The van der Waals surface area contributed by atoms with Gasteiger partial charge in [-0.1, -0.05) is 36.4 Å². The predicted molar refractivity (Wildman–Crippen MR) is 80.7 cm³/mol. The molecule has 0 spiro atoms. The van der Waals surface area contributed by atoms with E-state index in [1.165, 1.54) is 5.56 Å². The second kappa shape index (κ2) is 8.62. The molecule has 0 atom stereocenters. The maximum Gasteiger partial charge on any atom is 0.0594 e. The lowest BCUT2D eigenvalue weighted by Gasteiger charge is -2.26. The first kappa shape index (κ1) is 14.0. The Morgan fingerprint density at radius 1 is 1.16 bits per heavy atom. The molecule has 102 valence electrons. The van der Waals surface area contributed by atoms with E-state index in [0.717, 1.165) is 45.8 Å². The van der Waals surface area contributed by atoms with Gasteiger partial charge in [0.15, 0.2) is 0 Å². The van der Waals surface area contributed by atoms with Crippen LogP contribution < -0.4 is 0 Å². The van der Waals surface area contributed by atoms with E-state index in [9.17, 15) is 0 Å². The maximum absolute atomic E-state index is 5.32. The topological polar surface area (TPSA) is 24.8 Å². The zero-order valence-electron chi connectivity index (χ0n) is 11.4. The molecule has 0 aliphatic carbocycles. The van der Waals surface area contributed by atoms with Crippen molar-refractivity contribution in [2.75, 3.05) is 39.4 Å². The van der Waals surface area contributed by atoms with Gasteiger partial charge in [0.2, 0.25) is 0 Å². The Labute approximate surface area is 115 Å². The van der Waals surface area contributed by atoms with Gasteiger partial charge in [0.25, 0.3) is 0 Å². The SMILES string of the molecule is C(/C=C\c1ccccc1)=NCCCN1CCOCC1. The standard InChI is InChI=1S/C16H22N2O/c1-2-6-16(7-3-1)8-4-9-17-10-5-11-18-12-14-19-15-13-18/h1-4,6-9H,5,10-15H2/b8-4-,17-9?. The second-order valence-corrected chi connectivity index (χ2v) is 4.63. The Balaban J connectivity index is 1.57. The summed E-state index contributed by atoms with van der Waals surface area (Å²) >= 11 is 0. The van der Waals surface area contributed by atoms with Gasteiger partial charge in [0.05, 0.1) is 13.2 Å². The highest BCUT2D eigenvalue weighted by Gasteiger charge is 2.08. The van der Waals surface area contributed by atoms with Crippen molar-refractivity contribution < 1.29 is 4.74 Å². The molecule has 2 rings (SSSR count). The summed E-state index contributed by atoms with van der Waals surface area (Å²) < 4.78 is 5.32. The van der Waals surface area contributed by atoms with Crippen LogP contribution in [0.5, 0.6) is 0 Å². The minimum absolute atomic E-state index is 0.878. The van der Waals surface area contributed by atoms with E-state index in [0.29, 0.717) is 0 Å². The van der Waals surface area contributed by atoms with Crippen LogP contribution in [-0.2, 0) is 4.74 Å². The lowest BCUT2D eigenvalue weighted by Crippen LogP contribution is -2.37. The van der Waals surface area contributed by atoms with Crippen molar-refractivity contribution in [3.05, 3.63) is 42.0 Å². The summed E-state index contributed by atoms with van der Waals surface area (Å²) in [6.45, 7) is 5.92. The highest BCUT2D eigenvalue weighted by Crippen LogP contribution is 2.00. The Hall–Kier alpha value is -1.45. The van der Waals surface area contributed by atoms with Crippen LogP contribution >= 0.6 is 0 Å². The minimum Gasteiger partial charge on any atom is -0.379 e. The fourth-order valence-electron chi connectivity index (χ4n) is 2.06. The molecule has 3 nitrogen and oxygen atoms in total.